The van der Waals surface area contributed by atoms with Gasteiger partial charge in [-0.2, -0.15) is 13.2 Å². The highest BCUT2D eigenvalue weighted by Crippen LogP contribution is 2.39. The van der Waals surface area contributed by atoms with Crippen LogP contribution in [0.15, 0.2) is 24.3 Å². The second-order valence-corrected chi connectivity index (χ2v) is 6.89. The number of nitrogens with zero attached hydrogens (tertiary/aromatic N) is 2. The van der Waals surface area contributed by atoms with E-state index in [1.165, 1.54) is 12.1 Å². The van der Waals surface area contributed by atoms with Gasteiger partial charge in [-0.25, -0.2) is 4.90 Å². The van der Waals surface area contributed by atoms with Crippen LogP contribution in [0, 0.1) is 5.92 Å². The summed E-state index contributed by atoms with van der Waals surface area (Å²) in [5.41, 5.74) is -1.48. The maximum Gasteiger partial charge on any atom is 0.418 e. The topological polar surface area (TPSA) is 66.9 Å². The van der Waals surface area contributed by atoms with Gasteiger partial charge in [0.15, 0.2) is 0 Å². The monoisotopic (exact) mass is 398 g/mol. The number of amides is 2. The number of ether oxygens (including phenoxy) is 1. The Morgan fingerprint density at radius 2 is 1.96 bits per heavy atom. The van der Waals surface area contributed by atoms with Crippen molar-refractivity contribution in [3.63, 3.8) is 0 Å². The van der Waals surface area contributed by atoms with E-state index in [0.717, 1.165) is 12.1 Å². The largest absolute Gasteiger partial charge is 0.466 e. The lowest BCUT2D eigenvalue weighted by molar-refractivity contribution is -0.150. The summed E-state index contributed by atoms with van der Waals surface area (Å²) in [6.07, 6.45) is -3.64. The zero-order chi connectivity index (χ0) is 20.5. The number of alkyl halides is 3. The van der Waals surface area contributed by atoms with Gasteiger partial charge in [0, 0.05) is 6.54 Å². The summed E-state index contributed by atoms with van der Waals surface area (Å²) < 4.78 is 45.0. The van der Waals surface area contributed by atoms with Crippen molar-refractivity contribution in [1.29, 1.82) is 0 Å². The van der Waals surface area contributed by atoms with Crippen LogP contribution in [0.4, 0.5) is 18.9 Å². The van der Waals surface area contributed by atoms with Crippen LogP contribution in [0.25, 0.3) is 0 Å². The first kappa shape index (κ1) is 20.3. The van der Waals surface area contributed by atoms with E-state index >= 15 is 0 Å². The van der Waals surface area contributed by atoms with Crippen molar-refractivity contribution in [2.75, 3.05) is 24.6 Å². The maximum absolute atomic E-state index is 13.3. The van der Waals surface area contributed by atoms with Crippen molar-refractivity contribution in [2.45, 2.75) is 38.4 Å². The zero-order valence-corrected chi connectivity index (χ0v) is 15.4. The molecule has 0 aliphatic carbocycles. The number of esters is 1. The smallest absolute Gasteiger partial charge is 0.418 e. The minimum atomic E-state index is -4.69. The summed E-state index contributed by atoms with van der Waals surface area (Å²) in [4.78, 5) is 39.7. The molecule has 152 valence electrons. The molecule has 0 radical (unpaired) electrons. The van der Waals surface area contributed by atoms with Crippen LogP contribution < -0.4 is 4.90 Å². The zero-order valence-electron chi connectivity index (χ0n) is 15.4. The van der Waals surface area contributed by atoms with Gasteiger partial charge in [0.1, 0.15) is 0 Å². The molecule has 0 aromatic heterocycles. The van der Waals surface area contributed by atoms with Crippen LogP contribution in [0.3, 0.4) is 0 Å². The third kappa shape index (κ3) is 3.89. The number of rotatable bonds is 4. The highest BCUT2D eigenvalue weighted by atomic mass is 19.4. The average molecular weight is 398 g/mol. The molecule has 2 unspecified atom stereocenters. The molecular formula is C19H21F3N2O4. The number of carbonyl (C=O) groups is 3. The first-order valence-corrected chi connectivity index (χ1v) is 9.17. The van der Waals surface area contributed by atoms with Crippen LogP contribution in [0.5, 0.6) is 0 Å². The predicted octanol–water partition coefficient (Wildman–Crippen LogP) is 2.61. The van der Waals surface area contributed by atoms with Gasteiger partial charge in [-0.1, -0.05) is 12.1 Å². The molecule has 0 bridgehead atoms. The van der Waals surface area contributed by atoms with Crippen molar-refractivity contribution in [3.8, 4) is 0 Å². The lowest BCUT2D eigenvalue weighted by Crippen LogP contribution is -2.48. The highest BCUT2D eigenvalue weighted by Gasteiger charge is 2.47. The molecule has 2 aliphatic rings. The molecule has 2 amide bonds. The number of piperidine rings is 1. The van der Waals surface area contributed by atoms with E-state index in [9.17, 15) is 27.6 Å². The average Bonchev–Trinajstić information content (AvgIpc) is 2.95. The number of anilines is 1. The van der Waals surface area contributed by atoms with Crippen LogP contribution in [-0.2, 0) is 25.3 Å². The fourth-order valence-electron chi connectivity index (χ4n) is 3.80. The normalized spacial score (nSPS) is 23.9. The van der Waals surface area contributed by atoms with Gasteiger partial charge in [0.05, 0.1) is 36.2 Å². The van der Waals surface area contributed by atoms with E-state index in [2.05, 4.69) is 0 Å². The van der Waals surface area contributed by atoms with Gasteiger partial charge < -0.3 is 4.74 Å². The van der Waals surface area contributed by atoms with Gasteiger partial charge in [-0.3, -0.25) is 19.3 Å². The first-order valence-electron chi connectivity index (χ1n) is 9.17. The highest BCUT2D eigenvalue weighted by molar-refractivity contribution is 6.22. The lowest BCUT2D eigenvalue weighted by atomic mass is 9.96. The molecule has 2 saturated heterocycles. The van der Waals surface area contributed by atoms with E-state index in [0.29, 0.717) is 24.3 Å². The minimum Gasteiger partial charge on any atom is -0.466 e. The van der Waals surface area contributed by atoms with Gasteiger partial charge in [-0.15, -0.1) is 0 Å². The number of likely N-dealkylation sites (tertiary alicyclic amines) is 1. The number of hydrogen-bond donors (Lipinski definition) is 0. The van der Waals surface area contributed by atoms with E-state index in [4.69, 9.17) is 4.74 Å². The Morgan fingerprint density at radius 3 is 2.64 bits per heavy atom. The molecule has 0 N–H and O–H groups in total. The molecule has 1 aromatic rings. The molecule has 2 aliphatic heterocycles. The van der Waals surface area contributed by atoms with Crippen molar-refractivity contribution < 1.29 is 32.3 Å². The number of halogens is 3. The Hall–Kier alpha value is -2.42. The van der Waals surface area contributed by atoms with Crippen molar-refractivity contribution in [3.05, 3.63) is 29.8 Å². The van der Waals surface area contributed by atoms with E-state index in [-0.39, 0.29) is 25.5 Å². The fourth-order valence-corrected chi connectivity index (χ4v) is 3.80. The van der Waals surface area contributed by atoms with Crippen LogP contribution in [-0.4, -0.2) is 48.4 Å². The standard InChI is InChI=1S/C19H21F3N2O4/c1-2-28-18(27)12-6-5-9-23(11-12)15-10-16(25)24(17(15)26)14-8-4-3-7-13(14)19(20,21)22/h3-4,7-8,12,15H,2,5-6,9-11H2,1H3. The van der Waals surface area contributed by atoms with Gasteiger partial charge >= 0.3 is 12.1 Å². The van der Waals surface area contributed by atoms with E-state index in [1.807, 2.05) is 0 Å². The SMILES string of the molecule is CCOC(=O)C1CCCN(C2CC(=O)N(c3ccccc3C(F)(F)F)C2=O)C1. The van der Waals surface area contributed by atoms with Crippen LogP contribution in [0.2, 0.25) is 0 Å². The van der Waals surface area contributed by atoms with E-state index in [1.54, 1.807) is 11.8 Å². The quantitative estimate of drug-likeness (QED) is 0.576. The summed E-state index contributed by atoms with van der Waals surface area (Å²) in [6.45, 7) is 2.69. The molecule has 2 atom stereocenters. The Kier molecular flexibility index (Phi) is 5.74. The Labute approximate surface area is 160 Å². The Morgan fingerprint density at radius 1 is 1.25 bits per heavy atom. The lowest BCUT2D eigenvalue weighted by Gasteiger charge is -2.34. The number of para-hydroxylation sites is 1. The fraction of sp³-hybridized carbons (Fsp3) is 0.526. The molecule has 3 rings (SSSR count). The van der Waals surface area contributed by atoms with Crippen molar-refractivity contribution in [2.24, 2.45) is 5.92 Å². The maximum atomic E-state index is 13.3. The molecule has 9 heteroatoms. The Balaban J connectivity index is 1.82. The van der Waals surface area contributed by atoms with Gasteiger partial charge in [-0.05, 0) is 38.4 Å². The van der Waals surface area contributed by atoms with Gasteiger partial charge in [0.25, 0.3) is 5.91 Å². The number of carbonyl (C=O) groups excluding carboxylic acids is 3. The summed E-state index contributed by atoms with van der Waals surface area (Å²) in [5.74, 6) is -2.13. The Bertz CT molecular complexity index is 781. The molecule has 0 spiro atoms. The summed E-state index contributed by atoms with van der Waals surface area (Å²) in [6, 6.07) is 3.67. The molecule has 28 heavy (non-hydrogen) atoms. The summed E-state index contributed by atoms with van der Waals surface area (Å²) >= 11 is 0. The molecule has 2 fully saturated rings. The van der Waals surface area contributed by atoms with Crippen LogP contribution in [0.1, 0.15) is 31.7 Å². The molecule has 0 saturated carbocycles. The summed E-state index contributed by atoms with van der Waals surface area (Å²) in [7, 11) is 0. The third-order valence-electron chi connectivity index (χ3n) is 5.09. The second kappa shape index (κ2) is 7.90. The number of benzene rings is 1. The minimum absolute atomic E-state index is 0.208. The molecule has 6 nitrogen and oxygen atoms in total. The molecular weight excluding hydrogens is 377 g/mol. The first-order chi connectivity index (χ1) is 13.2. The van der Waals surface area contributed by atoms with Crippen molar-refractivity contribution in [1.82, 2.24) is 4.90 Å². The summed E-state index contributed by atoms with van der Waals surface area (Å²) in [5, 5.41) is 0. The predicted molar refractivity (Wildman–Crippen MR) is 93.3 cm³/mol. The molecule has 2 heterocycles. The third-order valence-corrected chi connectivity index (χ3v) is 5.09. The number of imide groups is 1. The molecule has 1 aromatic carbocycles. The van der Waals surface area contributed by atoms with E-state index < -0.39 is 41.2 Å². The van der Waals surface area contributed by atoms with Crippen LogP contribution >= 0.6 is 0 Å². The number of hydrogen-bond acceptors (Lipinski definition) is 5. The van der Waals surface area contributed by atoms with Gasteiger partial charge in [0.2, 0.25) is 5.91 Å². The second-order valence-electron chi connectivity index (χ2n) is 6.89. The van der Waals surface area contributed by atoms with Crippen molar-refractivity contribution >= 4 is 23.5 Å².